The molecule has 0 spiro atoms. The third-order valence-electron chi connectivity index (χ3n) is 3.76. The number of benzene rings is 1. The van der Waals surface area contributed by atoms with Crippen molar-refractivity contribution in [3.63, 3.8) is 0 Å². The lowest BCUT2D eigenvalue weighted by molar-refractivity contribution is -0.124. The van der Waals surface area contributed by atoms with Gasteiger partial charge in [-0.05, 0) is 59.4 Å². The molecule has 0 aliphatic heterocycles. The molecular formula is C20H33NO. The quantitative estimate of drug-likeness (QED) is 0.797. The Morgan fingerprint density at radius 3 is 2.09 bits per heavy atom. The number of rotatable bonds is 7. The number of Topliss-reactive ketones (excluding diaryl/α,β-unsaturated/α-hetero) is 1. The third kappa shape index (κ3) is 6.74. The van der Waals surface area contributed by atoms with Crippen LogP contribution in [0.25, 0.3) is 0 Å². The number of carbonyl (C=O) groups is 1. The predicted molar refractivity (Wildman–Crippen MR) is 95.4 cm³/mol. The number of aryl methyl sites for hydroxylation is 3. The summed E-state index contributed by atoms with van der Waals surface area (Å²) in [6.07, 6.45) is 2.98. The summed E-state index contributed by atoms with van der Waals surface area (Å²) in [5.74, 6) is 0.413. The first-order valence-corrected chi connectivity index (χ1v) is 8.47. The van der Waals surface area contributed by atoms with Crippen molar-refractivity contribution in [3.8, 4) is 0 Å². The number of hydrogen-bond donors (Lipinski definition) is 1. The molecule has 0 heterocycles. The lowest BCUT2D eigenvalue weighted by Gasteiger charge is -2.29. The molecule has 2 heteroatoms. The fourth-order valence-corrected chi connectivity index (χ4v) is 2.93. The Labute approximate surface area is 136 Å². The van der Waals surface area contributed by atoms with Crippen molar-refractivity contribution in [3.05, 3.63) is 34.9 Å². The van der Waals surface area contributed by atoms with E-state index >= 15 is 0 Å². The molecule has 124 valence electrons. The number of hydrogen-bond acceptors (Lipinski definition) is 2. The summed E-state index contributed by atoms with van der Waals surface area (Å²) in [5.41, 5.74) is 3.98. The molecule has 0 aliphatic carbocycles. The molecule has 0 saturated carbocycles. The van der Waals surface area contributed by atoms with Gasteiger partial charge in [0.1, 0.15) is 0 Å². The SMILES string of the molecule is Cc1cc(C)cc(CCCC(NC(C)(C)C)C(=O)C(C)C)c1. The van der Waals surface area contributed by atoms with E-state index in [1.165, 1.54) is 16.7 Å². The summed E-state index contributed by atoms with van der Waals surface area (Å²) in [5, 5.41) is 3.50. The average Bonchev–Trinajstić information content (AvgIpc) is 2.33. The molecule has 22 heavy (non-hydrogen) atoms. The smallest absolute Gasteiger partial charge is 0.152 e. The Kier molecular flexibility index (Phi) is 6.80. The monoisotopic (exact) mass is 303 g/mol. The van der Waals surface area contributed by atoms with Gasteiger partial charge in [-0.3, -0.25) is 4.79 Å². The molecule has 2 nitrogen and oxygen atoms in total. The van der Waals surface area contributed by atoms with Gasteiger partial charge in [0.25, 0.3) is 0 Å². The zero-order valence-corrected chi connectivity index (χ0v) is 15.4. The van der Waals surface area contributed by atoms with Crippen LogP contribution in [0, 0.1) is 19.8 Å². The molecule has 1 aromatic rings. The van der Waals surface area contributed by atoms with Gasteiger partial charge in [0.15, 0.2) is 5.78 Å². The largest absolute Gasteiger partial charge is 0.303 e. The zero-order chi connectivity index (χ0) is 16.9. The van der Waals surface area contributed by atoms with Gasteiger partial charge in [-0.25, -0.2) is 0 Å². The van der Waals surface area contributed by atoms with Crippen LogP contribution in [-0.4, -0.2) is 17.4 Å². The van der Waals surface area contributed by atoms with Gasteiger partial charge in [0.2, 0.25) is 0 Å². The van der Waals surface area contributed by atoms with E-state index in [9.17, 15) is 4.79 Å². The average molecular weight is 303 g/mol. The summed E-state index contributed by atoms with van der Waals surface area (Å²) >= 11 is 0. The fraction of sp³-hybridized carbons (Fsp3) is 0.650. The maximum atomic E-state index is 12.4. The molecule has 1 atom stereocenters. The summed E-state index contributed by atoms with van der Waals surface area (Å²) < 4.78 is 0. The van der Waals surface area contributed by atoms with E-state index in [0.717, 1.165) is 19.3 Å². The second kappa shape index (κ2) is 7.92. The van der Waals surface area contributed by atoms with Crippen LogP contribution >= 0.6 is 0 Å². The first-order valence-electron chi connectivity index (χ1n) is 8.47. The number of carbonyl (C=O) groups excluding carboxylic acids is 1. The van der Waals surface area contributed by atoms with Crippen molar-refractivity contribution in [1.29, 1.82) is 0 Å². The van der Waals surface area contributed by atoms with E-state index in [0.29, 0.717) is 5.78 Å². The van der Waals surface area contributed by atoms with Gasteiger partial charge in [-0.1, -0.05) is 43.2 Å². The normalized spacial score (nSPS) is 13.5. The second-order valence-corrected chi connectivity index (χ2v) is 7.89. The van der Waals surface area contributed by atoms with Crippen LogP contribution in [0.5, 0.6) is 0 Å². The summed E-state index contributed by atoms with van der Waals surface area (Å²) in [4.78, 5) is 12.4. The van der Waals surface area contributed by atoms with Crippen LogP contribution in [0.4, 0.5) is 0 Å². The molecule has 0 saturated heterocycles. The summed E-state index contributed by atoms with van der Waals surface area (Å²) in [6, 6.07) is 6.67. The molecule has 0 radical (unpaired) electrons. The van der Waals surface area contributed by atoms with Crippen molar-refractivity contribution >= 4 is 5.78 Å². The molecule has 0 aliphatic rings. The van der Waals surface area contributed by atoms with Crippen molar-refractivity contribution in [2.75, 3.05) is 0 Å². The molecule has 0 bridgehead atoms. The van der Waals surface area contributed by atoms with E-state index in [4.69, 9.17) is 0 Å². The fourth-order valence-electron chi connectivity index (χ4n) is 2.93. The van der Waals surface area contributed by atoms with Crippen molar-refractivity contribution < 1.29 is 4.79 Å². The minimum atomic E-state index is -0.0362. The van der Waals surface area contributed by atoms with Gasteiger partial charge in [-0.15, -0.1) is 0 Å². The first-order chi connectivity index (χ1) is 10.1. The Hall–Kier alpha value is -1.15. The van der Waals surface area contributed by atoms with Gasteiger partial charge < -0.3 is 5.32 Å². The van der Waals surface area contributed by atoms with Crippen LogP contribution in [-0.2, 0) is 11.2 Å². The standard InChI is InChI=1S/C20H33NO/c1-14(2)19(22)18(21-20(5,6)7)10-8-9-17-12-15(3)11-16(4)13-17/h11-14,18,21H,8-10H2,1-7H3. The van der Waals surface area contributed by atoms with Crippen LogP contribution in [0.3, 0.4) is 0 Å². The van der Waals surface area contributed by atoms with Gasteiger partial charge in [0, 0.05) is 11.5 Å². The van der Waals surface area contributed by atoms with E-state index in [1.54, 1.807) is 0 Å². The van der Waals surface area contributed by atoms with Gasteiger partial charge >= 0.3 is 0 Å². The Morgan fingerprint density at radius 1 is 1.09 bits per heavy atom. The van der Waals surface area contributed by atoms with Gasteiger partial charge in [-0.2, -0.15) is 0 Å². The molecule has 0 amide bonds. The molecular weight excluding hydrogens is 270 g/mol. The molecule has 1 rings (SSSR count). The van der Waals surface area contributed by atoms with E-state index < -0.39 is 0 Å². The van der Waals surface area contributed by atoms with Crippen molar-refractivity contribution in [1.82, 2.24) is 5.32 Å². The second-order valence-electron chi connectivity index (χ2n) is 7.89. The summed E-state index contributed by atoms with van der Waals surface area (Å²) in [6.45, 7) is 14.6. The van der Waals surface area contributed by atoms with Crippen molar-refractivity contribution in [2.24, 2.45) is 5.92 Å². The Morgan fingerprint density at radius 2 is 1.64 bits per heavy atom. The van der Waals surface area contributed by atoms with Crippen LogP contribution in [0.1, 0.15) is 64.2 Å². The highest BCUT2D eigenvalue weighted by molar-refractivity contribution is 5.85. The van der Waals surface area contributed by atoms with Crippen molar-refractivity contribution in [2.45, 2.75) is 79.3 Å². The molecule has 1 aromatic carbocycles. The topological polar surface area (TPSA) is 29.1 Å². The Balaban J connectivity index is 2.65. The minimum absolute atomic E-state index is 0.0326. The molecule has 0 fully saturated rings. The van der Waals surface area contributed by atoms with Gasteiger partial charge in [0.05, 0.1) is 6.04 Å². The first kappa shape index (κ1) is 18.9. The maximum absolute atomic E-state index is 12.4. The number of nitrogens with one attached hydrogen (secondary N) is 1. The lowest BCUT2D eigenvalue weighted by Crippen LogP contribution is -2.48. The van der Waals surface area contributed by atoms with Crippen LogP contribution < -0.4 is 5.32 Å². The predicted octanol–water partition coefficient (Wildman–Crippen LogP) is 4.61. The van der Waals surface area contributed by atoms with Crippen LogP contribution in [0.2, 0.25) is 0 Å². The number of ketones is 1. The lowest BCUT2D eigenvalue weighted by atomic mass is 9.93. The molecule has 1 unspecified atom stereocenters. The van der Waals surface area contributed by atoms with E-state index in [1.807, 2.05) is 13.8 Å². The highest BCUT2D eigenvalue weighted by Gasteiger charge is 2.25. The highest BCUT2D eigenvalue weighted by atomic mass is 16.1. The minimum Gasteiger partial charge on any atom is -0.303 e. The highest BCUT2D eigenvalue weighted by Crippen LogP contribution is 2.15. The van der Waals surface area contributed by atoms with E-state index in [-0.39, 0.29) is 17.5 Å². The molecule has 0 aromatic heterocycles. The summed E-state index contributed by atoms with van der Waals surface area (Å²) in [7, 11) is 0. The maximum Gasteiger partial charge on any atom is 0.152 e. The van der Waals surface area contributed by atoms with Crippen LogP contribution in [0.15, 0.2) is 18.2 Å². The molecule has 1 N–H and O–H groups in total. The zero-order valence-electron chi connectivity index (χ0n) is 15.4. The van der Waals surface area contributed by atoms with E-state index in [2.05, 4.69) is 58.1 Å². The Bertz CT molecular complexity index is 477. The third-order valence-corrected chi connectivity index (χ3v) is 3.76.